The van der Waals surface area contributed by atoms with Crippen LogP contribution in [-0.2, 0) is 16.1 Å². The summed E-state index contributed by atoms with van der Waals surface area (Å²) in [4.78, 5) is 25.9. The second-order valence-corrected chi connectivity index (χ2v) is 5.68. The van der Waals surface area contributed by atoms with Gasteiger partial charge in [-0.1, -0.05) is 18.2 Å². The Morgan fingerprint density at radius 2 is 1.80 bits per heavy atom. The van der Waals surface area contributed by atoms with Crippen LogP contribution in [0.25, 0.3) is 0 Å². The standard InChI is InChI=1S/C16H22N2O2/c1-10-6-5-7-11(2)14(10)9-18-12(3)8-15(19)17-13(4)16(18)20/h5-7,12-13H,8-9H2,1-4H3,(H,17,19). The van der Waals surface area contributed by atoms with E-state index in [0.29, 0.717) is 13.0 Å². The molecule has 1 N–H and O–H groups in total. The van der Waals surface area contributed by atoms with Crippen molar-refractivity contribution in [2.45, 2.75) is 52.7 Å². The maximum absolute atomic E-state index is 12.4. The van der Waals surface area contributed by atoms with E-state index in [1.807, 2.05) is 17.9 Å². The number of hydrogen-bond acceptors (Lipinski definition) is 2. The Morgan fingerprint density at radius 1 is 1.20 bits per heavy atom. The van der Waals surface area contributed by atoms with Crippen LogP contribution in [-0.4, -0.2) is 28.8 Å². The molecule has 1 aromatic rings. The highest BCUT2D eigenvalue weighted by molar-refractivity contribution is 5.90. The summed E-state index contributed by atoms with van der Waals surface area (Å²) in [5.74, 6) is -0.0617. The van der Waals surface area contributed by atoms with Crippen LogP contribution >= 0.6 is 0 Å². The summed E-state index contributed by atoms with van der Waals surface area (Å²) in [6.07, 6.45) is 0.362. The number of rotatable bonds is 2. The van der Waals surface area contributed by atoms with E-state index >= 15 is 0 Å². The first-order chi connectivity index (χ1) is 9.40. The molecule has 1 fully saturated rings. The first-order valence-corrected chi connectivity index (χ1v) is 7.05. The van der Waals surface area contributed by atoms with Crippen molar-refractivity contribution in [1.82, 2.24) is 10.2 Å². The summed E-state index contributed by atoms with van der Waals surface area (Å²) in [6, 6.07) is 5.61. The molecule has 0 aromatic heterocycles. The van der Waals surface area contributed by atoms with E-state index in [-0.39, 0.29) is 17.9 Å². The van der Waals surface area contributed by atoms with E-state index in [2.05, 4.69) is 31.3 Å². The number of carbonyl (C=O) groups excluding carboxylic acids is 2. The van der Waals surface area contributed by atoms with Crippen LogP contribution in [0.5, 0.6) is 0 Å². The highest BCUT2D eigenvalue weighted by Gasteiger charge is 2.31. The fourth-order valence-electron chi connectivity index (χ4n) is 2.71. The van der Waals surface area contributed by atoms with Gasteiger partial charge in [0.25, 0.3) is 0 Å². The number of aryl methyl sites for hydroxylation is 2. The van der Waals surface area contributed by atoms with Crippen molar-refractivity contribution in [3.63, 3.8) is 0 Å². The summed E-state index contributed by atoms with van der Waals surface area (Å²) >= 11 is 0. The number of hydrogen-bond donors (Lipinski definition) is 1. The Kier molecular flexibility index (Phi) is 4.12. The lowest BCUT2D eigenvalue weighted by Gasteiger charge is -2.29. The van der Waals surface area contributed by atoms with Gasteiger partial charge in [-0.2, -0.15) is 0 Å². The molecule has 1 aromatic carbocycles. The first-order valence-electron chi connectivity index (χ1n) is 7.05. The zero-order valence-electron chi connectivity index (χ0n) is 12.6. The van der Waals surface area contributed by atoms with E-state index < -0.39 is 6.04 Å². The minimum atomic E-state index is -0.447. The van der Waals surface area contributed by atoms with Gasteiger partial charge in [0.15, 0.2) is 0 Å². The third-order valence-electron chi connectivity index (χ3n) is 4.02. The van der Waals surface area contributed by atoms with Gasteiger partial charge >= 0.3 is 0 Å². The molecule has 2 atom stereocenters. The predicted octanol–water partition coefficient (Wildman–Crippen LogP) is 1.93. The lowest BCUT2D eigenvalue weighted by atomic mass is 10.0. The van der Waals surface area contributed by atoms with Crippen molar-refractivity contribution >= 4 is 11.8 Å². The van der Waals surface area contributed by atoms with Crippen molar-refractivity contribution in [3.05, 3.63) is 34.9 Å². The van der Waals surface area contributed by atoms with Crippen LogP contribution in [0, 0.1) is 13.8 Å². The molecule has 1 aliphatic rings. The van der Waals surface area contributed by atoms with Gasteiger partial charge in [0.2, 0.25) is 11.8 Å². The Hall–Kier alpha value is -1.84. The lowest BCUT2D eigenvalue weighted by Crippen LogP contribution is -2.44. The molecule has 4 nitrogen and oxygen atoms in total. The highest BCUT2D eigenvalue weighted by Crippen LogP contribution is 2.20. The molecule has 0 spiro atoms. The molecule has 108 valence electrons. The third-order valence-corrected chi connectivity index (χ3v) is 4.02. The molecule has 0 radical (unpaired) electrons. The molecule has 1 aliphatic heterocycles. The maximum atomic E-state index is 12.4. The zero-order chi connectivity index (χ0) is 14.9. The van der Waals surface area contributed by atoms with E-state index in [9.17, 15) is 9.59 Å². The molecular weight excluding hydrogens is 252 g/mol. The zero-order valence-corrected chi connectivity index (χ0v) is 12.6. The van der Waals surface area contributed by atoms with Crippen LogP contribution in [0.1, 0.15) is 37.0 Å². The molecule has 20 heavy (non-hydrogen) atoms. The fourth-order valence-corrected chi connectivity index (χ4v) is 2.71. The topological polar surface area (TPSA) is 49.4 Å². The fraction of sp³-hybridized carbons (Fsp3) is 0.500. The highest BCUT2D eigenvalue weighted by atomic mass is 16.2. The normalized spacial score (nSPS) is 23.5. The van der Waals surface area contributed by atoms with Gasteiger partial charge in [-0.25, -0.2) is 0 Å². The number of amides is 2. The largest absolute Gasteiger partial charge is 0.345 e. The van der Waals surface area contributed by atoms with Crippen LogP contribution in [0.4, 0.5) is 0 Å². The molecule has 2 rings (SSSR count). The Morgan fingerprint density at radius 3 is 2.40 bits per heavy atom. The molecule has 4 heteroatoms. The predicted molar refractivity (Wildman–Crippen MR) is 78.1 cm³/mol. The number of nitrogens with one attached hydrogen (secondary N) is 1. The molecule has 2 unspecified atom stereocenters. The molecule has 0 bridgehead atoms. The molecule has 1 heterocycles. The molecular formula is C16H22N2O2. The summed E-state index contributed by atoms with van der Waals surface area (Å²) in [6.45, 7) is 8.36. The van der Waals surface area contributed by atoms with E-state index in [1.54, 1.807) is 6.92 Å². The smallest absolute Gasteiger partial charge is 0.245 e. The Balaban J connectivity index is 2.30. The minimum Gasteiger partial charge on any atom is -0.345 e. The summed E-state index contributed by atoms with van der Waals surface area (Å²) in [7, 11) is 0. The van der Waals surface area contributed by atoms with Gasteiger partial charge in [0.05, 0.1) is 0 Å². The third kappa shape index (κ3) is 2.84. The Labute approximate surface area is 120 Å². The van der Waals surface area contributed by atoms with Crippen molar-refractivity contribution < 1.29 is 9.59 Å². The monoisotopic (exact) mass is 274 g/mol. The number of nitrogens with zero attached hydrogens (tertiary/aromatic N) is 1. The minimum absolute atomic E-state index is 0.00833. The van der Waals surface area contributed by atoms with Crippen molar-refractivity contribution in [2.75, 3.05) is 0 Å². The van der Waals surface area contributed by atoms with Gasteiger partial charge in [0, 0.05) is 19.0 Å². The van der Waals surface area contributed by atoms with Crippen LogP contribution < -0.4 is 5.32 Å². The van der Waals surface area contributed by atoms with Crippen molar-refractivity contribution in [3.8, 4) is 0 Å². The average Bonchev–Trinajstić information content (AvgIpc) is 2.44. The maximum Gasteiger partial charge on any atom is 0.245 e. The quantitative estimate of drug-likeness (QED) is 0.896. The summed E-state index contributed by atoms with van der Waals surface area (Å²) < 4.78 is 0. The van der Waals surface area contributed by atoms with E-state index in [0.717, 1.165) is 0 Å². The lowest BCUT2D eigenvalue weighted by molar-refractivity contribution is -0.135. The van der Waals surface area contributed by atoms with Gasteiger partial charge in [-0.15, -0.1) is 0 Å². The van der Waals surface area contributed by atoms with Gasteiger partial charge in [0.1, 0.15) is 6.04 Å². The summed E-state index contributed by atoms with van der Waals surface area (Å²) in [5.41, 5.74) is 3.54. The van der Waals surface area contributed by atoms with Gasteiger partial charge < -0.3 is 10.2 Å². The van der Waals surface area contributed by atoms with Crippen LogP contribution in [0.15, 0.2) is 18.2 Å². The van der Waals surface area contributed by atoms with Crippen LogP contribution in [0.2, 0.25) is 0 Å². The van der Waals surface area contributed by atoms with Gasteiger partial charge in [-0.3, -0.25) is 9.59 Å². The SMILES string of the molecule is Cc1cccc(C)c1CN1C(=O)C(C)NC(=O)CC1C. The number of carbonyl (C=O) groups is 2. The Bertz CT molecular complexity index is 519. The average molecular weight is 274 g/mol. The molecule has 2 amide bonds. The van der Waals surface area contributed by atoms with E-state index in [1.165, 1.54) is 16.7 Å². The molecule has 1 saturated heterocycles. The van der Waals surface area contributed by atoms with Crippen molar-refractivity contribution in [1.29, 1.82) is 0 Å². The number of benzene rings is 1. The van der Waals surface area contributed by atoms with Gasteiger partial charge in [-0.05, 0) is 44.4 Å². The van der Waals surface area contributed by atoms with Crippen LogP contribution in [0.3, 0.4) is 0 Å². The molecule has 0 saturated carbocycles. The summed E-state index contributed by atoms with van der Waals surface area (Å²) in [5, 5.41) is 2.74. The molecule has 0 aliphatic carbocycles. The second kappa shape index (κ2) is 5.65. The second-order valence-electron chi connectivity index (χ2n) is 5.68. The van der Waals surface area contributed by atoms with E-state index in [4.69, 9.17) is 0 Å². The first kappa shape index (κ1) is 14.6. The van der Waals surface area contributed by atoms with Crippen molar-refractivity contribution in [2.24, 2.45) is 0 Å².